The van der Waals surface area contributed by atoms with Gasteiger partial charge in [0, 0.05) is 32.1 Å². The van der Waals surface area contributed by atoms with Crippen LogP contribution in [0.3, 0.4) is 0 Å². The second kappa shape index (κ2) is 12.1. The molecule has 0 unspecified atom stereocenters. The monoisotopic (exact) mass is 498 g/mol. The Kier molecular flexibility index (Phi) is 8.90. The topological polar surface area (TPSA) is 91.1 Å². The second-order valence-corrected chi connectivity index (χ2v) is 10.8. The molecule has 0 radical (unpaired) electrons. The number of piperidine rings is 2. The van der Waals surface area contributed by atoms with E-state index in [0.717, 1.165) is 68.7 Å². The van der Waals surface area contributed by atoms with Crippen molar-refractivity contribution in [3.63, 3.8) is 0 Å². The Bertz CT molecular complexity index is 1000. The molecule has 2 aromatic rings. The van der Waals surface area contributed by atoms with Crippen molar-refractivity contribution < 1.29 is 19.1 Å². The van der Waals surface area contributed by atoms with Crippen molar-refractivity contribution >= 4 is 5.91 Å². The number of aromatic hydroxyl groups is 1. The van der Waals surface area contributed by atoms with Crippen LogP contribution >= 0.6 is 0 Å². The Morgan fingerprint density at radius 1 is 1.19 bits per heavy atom. The third-order valence-corrected chi connectivity index (χ3v) is 7.56. The molecule has 4 rings (SSSR count). The summed E-state index contributed by atoms with van der Waals surface area (Å²) in [5.74, 6) is 3.51. The minimum absolute atomic E-state index is 0.0778. The number of phenolic OH excluding ortho intramolecular Hbond substituents is 1. The van der Waals surface area contributed by atoms with Gasteiger partial charge in [0.25, 0.3) is 0 Å². The van der Waals surface area contributed by atoms with Crippen molar-refractivity contribution in [1.29, 1.82) is 0 Å². The first-order chi connectivity index (χ1) is 17.3. The van der Waals surface area contributed by atoms with Crippen LogP contribution in [0, 0.1) is 24.7 Å². The first-order valence-electron chi connectivity index (χ1n) is 13.4. The number of likely N-dealkylation sites (tertiary alicyclic amines) is 2. The van der Waals surface area contributed by atoms with Gasteiger partial charge in [0.15, 0.2) is 0 Å². The van der Waals surface area contributed by atoms with E-state index >= 15 is 0 Å². The number of hydrogen-bond acceptors (Lipinski definition) is 7. The molecule has 2 atom stereocenters. The molecule has 0 bridgehead atoms. The number of benzene rings is 1. The van der Waals surface area contributed by atoms with Crippen LogP contribution in [0.4, 0.5) is 0 Å². The Hall–Kier alpha value is -2.58. The lowest BCUT2D eigenvalue weighted by molar-refractivity contribution is -0.126. The number of carbonyl (C=O) groups excluding carboxylic acids is 1. The molecule has 2 aliphatic rings. The lowest BCUT2D eigenvalue weighted by Crippen LogP contribution is -2.42. The summed E-state index contributed by atoms with van der Waals surface area (Å²) in [6.45, 7) is 13.1. The molecule has 1 amide bonds. The fourth-order valence-electron chi connectivity index (χ4n) is 5.78. The predicted octanol–water partition coefficient (Wildman–Crippen LogP) is 4.06. The number of nitrogens with one attached hydrogen (secondary N) is 1. The molecular weight excluding hydrogens is 456 g/mol. The summed E-state index contributed by atoms with van der Waals surface area (Å²) in [6, 6.07) is 5.10. The number of aromatic nitrogens is 1. The minimum Gasteiger partial charge on any atom is -0.507 e. The fourth-order valence-corrected chi connectivity index (χ4v) is 5.78. The van der Waals surface area contributed by atoms with Gasteiger partial charge in [-0.25, -0.2) is 4.98 Å². The highest BCUT2D eigenvalue weighted by Crippen LogP contribution is 2.38. The highest BCUT2D eigenvalue weighted by atomic mass is 16.5. The van der Waals surface area contributed by atoms with Gasteiger partial charge in [-0.1, -0.05) is 19.9 Å². The van der Waals surface area contributed by atoms with E-state index in [1.807, 2.05) is 6.92 Å². The molecule has 8 nitrogen and oxygen atoms in total. The summed E-state index contributed by atoms with van der Waals surface area (Å²) in [4.78, 5) is 22.3. The number of amides is 1. The first-order valence-corrected chi connectivity index (χ1v) is 13.4. The summed E-state index contributed by atoms with van der Waals surface area (Å²) >= 11 is 0. The van der Waals surface area contributed by atoms with Crippen molar-refractivity contribution in [3.8, 4) is 23.0 Å². The van der Waals surface area contributed by atoms with Gasteiger partial charge < -0.3 is 24.5 Å². The molecule has 0 spiro atoms. The van der Waals surface area contributed by atoms with Crippen molar-refractivity contribution in [2.45, 2.75) is 53.0 Å². The van der Waals surface area contributed by atoms with Crippen LogP contribution in [-0.2, 0) is 11.3 Å². The van der Waals surface area contributed by atoms with Crippen molar-refractivity contribution in [2.24, 2.45) is 17.8 Å². The number of hydrogen-bond donors (Lipinski definition) is 2. The number of phenols is 1. The van der Waals surface area contributed by atoms with E-state index < -0.39 is 0 Å². The third-order valence-electron chi connectivity index (χ3n) is 7.56. The Labute approximate surface area is 215 Å². The van der Waals surface area contributed by atoms with E-state index in [1.54, 1.807) is 25.3 Å². The van der Waals surface area contributed by atoms with Gasteiger partial charge in [-0.3, -0.25) is 9.69 Å². The SMILES string of the molecule is COc1cccc(O)c1-c1nc(CN2CCC(C(=O)NCCCN3C[C@H](C)C[C@H](C)C3)CC2)c(C)o1. The summed E-state index contributed by atoms with van der Waals surface area (Å²) in [7, 11) is 1.56. The van der Waals surface area contributed by atoms with Crippen molar-refractivity contribution in [3.05, 3.63) is 29.7 Å². The number of rotatable bonds is 9. The first kappa shape index (κ1) is 26.5. The number of aryl methyl sites for hydroxylation is 1. The zero-order valence-corrected chi connectivity index (χ0v) is 22.3. The highest BCUT2D eigenvalue weighted by Gasteiger charge is 2.27. The lowest BCUT2D eigenvalue weighted by Gasteiger charge is -2.35. The lowest BCUT2D eigenvalue weighted by atomic mass is 9.92. The van der Waals surface area contributed by atoms with Crippen LogP contribution in [0.5, 0.6) is 11.5 Å². The van der Waals surface area contributed by atoms with Gasteiger partial charge in [-0.15, -0.1) is 0 Å². The number of carbonyl (C=O) groups is 1. The van der Waals surface area contributed by atoms with Crippen molar-refractivity contribution in [2.75, 3.05) is 46.4 Å². The molecule has 198 valence electrons. The number of nitrogens with zero attached hydrogens (tertiary/aromatic N) is 3. The quantitative estimate of drug-likeness (QED) is 0.504. The molecule has 0 aliphatic carbocycles. The maximum Gasteiger partial charge on any atom is 0.234 e. The van der Waals surface area contributed by atoms with E-state index in [0.29, 0.717) is 23.7 Å². The Balaban J connectivity index is 1.21. The van der Waals surface area contributed by atoms with Gasteiger partial charge in [-0.05, 0) is 76.2 Å². The fraction of sp³-hybridized carbons (Fsp3) is 0.643. The minimum atomic E-state index is 0.0778. The number of methoxy groups -OCH3 is 1. The average Bonchev–Trinajstić information content (AvgIpc) is 3.20. The zero-order chi connectivity index (χ0) is 25.7. The van der Waals surface area contributed by atoms with E-state index in [1.165, 1.54) is 19.5 Å². The molecule has 2 aliphatic heterocycles. The zero-order valence-electron chi connectivity index (χ0n) is 22.3. The van der Waals surface area contributed by atoms with Gasteiger partial charge in [0.05, 0.1) is 12.8 Å². The molecular formula is C28H42N4O4. The molecule has 36 heavy (non-hydrogen) atoms. The van der Waals surface area contributed by atoms with Gasteiger partial charge >= 0.3 is 0 Å². The highest BCUT2D eigenvalue weighted by molar-refractivity contribution is 5.78. The molecule has 2 N–H and O–H groups in total. The standard InChI is InChI=1S/C28H42N4O4/c1-19-15-20(2)17-32(16-19)12-6-11-29-27(34)22-9-13-31(14-10-22)18-23-21(3)36-28(30-23)26-24(33)7-5-8-25(26)35-4/h5,7-8,19-20,22,33H,6,9-18H2,1-4H3,(H,29,34)/t19-,20+. The van der Waals surface area contributed by atoms with Crippen LogP contribution < -0.4 is 10.1 Å². The molecule has 8 heteroatoms. The molecule has 1 aromatic heterocycles. The smallest absolute Gasteiger partial charge is 0.234 e. The molecule has 2 fully saturated rings. The number of oxazole rings is 1. The van der Waals surface area contributed by atoms with E-state index in [2.05, 4.69) is 33.9 Å². The van der Waals surface area contributed by atoms with Crippen LogP contribution in [0.1, 0.15) is 51.0 Å². The largest absolute Gasteiger partial charge is 0.507 e. The molecule has 3 heterocycles. The van der Waals surface area contributed by atoms with Crippen molar-refractivity contribution in [1.82, 2.24) is 20.1 Å². The predicted molar refractivity (Wildman–Crippen MR) is 140 cm³/mol. The van der Waals surface area contributed by atoms with Gasteiger partial charge in [-0.2, -0.15) is 0 Å². The van der Waals surface area contributed by atoms with E-state index in [4.69, 9.17) is 9.15 Å². The second-order valence-electron chi connectivity index (χ2n) is 10.8. The normalized spacial score (nSPS) is 22.0. The summed E-state index contributed by atoms with van der Waals surface area (Å²) in [5, 5.41) is 13.5. The Morgan fingerprint density at radius 3 is 2.61 bits per heavy atom. The van der Waals surface area contributed by atoms with Crippen LogP contribution in [-0.4, -0.2) is 72.2 Å². The Morgan fingerprint density at radius 2 is 1.92 bits per heavy atom. The van der Waals surface area contributed by atoms with Crippen LogP contribution in [0.25, 0.3) is 11.5 Å². The molecule has 1 aromatic carbocycles. The van der Waals surface area contributed by atoms with Gasteiger partial charge in [0.2, 0.25) is 11.8 Å². The maximum absolute atomic E-state index is 12.7. The van der Waals surface area contributed by atoms with Gasteiger partial charge in [0.1, 0.15) is 22.8 Å². The summed E-state index contributed by atoms with van der Waals surface area (Å²) in [6.07, 6.45) is 4.04. The third kappa shape index (κ3) is 6.59. The molecule has 2 saturated heterocycles. The average molecular weight is 499 g/mol. The maximum atomic E-state index is 12.7. The molecule has 0 saturated carbocycles. The van der Waals surface area contributed by atoms with E-state index in [9.17, 15) is 9.90 Å². The van der Waals surface area contributed by atoms with Crippen LogP contribution in [0.15, 0.2) is 22.6 Å². The van der Waals surface area contributed by atoms with Crippen LogP contribution in [0.2, 0.25) is 0 Å². The summed E-state index contributed by atoms with van der Waals surface area (Å²) in [5.41, 5.74) is 1.31. The van der Waals surface area contributed by atoms with E-state index in [-0.39, 0.29) is 17.6 Å². The summed E-state index contributed by atoms with van der Waals surface area (Å²) < 4.78 is 11.3. The number of ether oxygens (including phenoxy) is 1.